The number of para-hydroxylation sites is 1. The first-order valence-corrected chi connectivity index (χ1v) is 11.6. The van der Waals surface area contributed by atoms with Gasteiger partial charge in [0.25, 0.3) is 0 Å². The van der Waals surface area contributed by atoms with Crippen LogP contribution in [0.3, 0.4) is 0 Å². The highest BCUT2D eigenvalue weighted by atomic mass is 32.2. The summed E-state index contributed by atoms with van der Waals surface area (Å²) in [4.78, 5) is 21.8. The number of sulfonamides is 1. The summed E-state index contributed by atoms with van der Waals surface area (Å²) in [6.07, 6.45) is 1.55. The molecule has 0 fully saturated rings. The number of benzene rings is 2. The zero-order valence-electron chi connectivity index (χ0n) is 16.3. The normalized spacial score (nSPS) is 12.6. The van der Waals surface area contributed by atoms with Gasteiger partial charge in [-0.05, 0) is 43.3 Å². The Kier molecular flexibility index (Phi) is 5.77. The fourth-order valence-corrected chi connectivity index (χ4v) is 4.37. The Morgan fingerprint density at radius 1 is 1.10 bits per heavy atom. The van der Waals surface area contributed by atoms with Crippen molar-refractivity contribution in [3.8, 4) is 11.6 Å². The molecule has 1 unspecified atom stereocenters. The van der Waals surface area contributed by atoms with E-state index in [4.69, 9.17) is 9.56 Å². The summed E-state index contributed by atoms with van der Waals surface area (Å²) in [6.45, 7) is 1.74. The zero-order chi connectivity index (χ0) is 22.0. The van der Waals surface area contributed by atoms with Gasteiger partial charge in [0.05, 0.1) is 21.9 Å². The number of fused-ring (bicyclic) bond motifs is 1. The monoisotopic (exact) mass is 454 g/mol. The highest BCUT2D eigenvalue weighted by Crippen LogP contribution is 2.31. The third kappa shape index (κ3) is 4.76. The van der Waals surface area contributed by atoms with Crippen molar-refractivity contribution in [1.82, 2.24) is 9.97 Å². The van der Waals surface area contributed by atoms with Crippen LogP contribution in [0.15, 0.2) is 81.3 Å². The van der Waals surface area contributed by atoms with Crippen molar-refractivity contribution < 1.29 is 17.6 Å². The maximum atomic E-state index is 12.8. The number of primary sulfonamides is 1. The standard InChI is InChI=1S/C21H18N4O4S2/c1-13(20(26)23-14-6-4-7-15(12-14)31(22,27)28)30-21-16-8-2-3-9-17(16)24-19(25-21)18-10-5-11-29-18/h2-13H,1H3,(H,23,26)(H2,22,27,28). The van der Waals surface area contributed by atoms with E-state index < -0.39 is 15.3 Å². The van der Waals surface area contributed by atoms with Crippen LogP contribution in [0.2, 0.25) is 0 Å². The van der Waals surface area contributed by atoms with Gasteiger partial charge in [-0.1, -0.05) is 36.0 Å². The number of carbonyl (C=O) groups excluding carboxylic acids is 1. The molecule has 0 saturated heterocycles. The first kappa shape index (κ1) is 21.0. The summed E-state index contributed by atoms with van der Waals surface area (Å²) < 4.78 is 28.5. The van der Waals surface area contributed by atoms with E-state index in [0.29, 0.717) is 22.3 Å². The fourth-order valence-electron chi connectivity index (χ4n) is 2.87. The molecule has 0 aliphatic carbocycles. The van der Waals surface area contributed by atoms with E-state index in [0.717, 1.165) is 10.9 Å². The van der Waals surface area contributed by atoms with E-state index >= 15 is 0 Å². The fraction of sp³-hybridized carbons (Fsp3) is 0.0952. The van der Waals surface area contributed by atoms with E-state index in [-0.39, 0.29) is 10.8 Å². The maximum Gasteiger partial charge on any atom is 0.238 e. The third-order valence-electron chi connectivity index (χ3n) is 4.40. The Bertz CT molecular complexity index is 1360. The second kappa shape index (κ2) is 8.50. The van der Waals surface area contributed by atoms with Gasteiger partial charge < -0.3 is 9.73 Å². The molecule has 4 rings (SSSR count). The van der Waals surface area contributed by atoms with Crippen LogP contribution in [-0.4, -0.2) is 29.5 Å². The lowest BCUT2D eigenvalue weighted by molar-refractivity contribution is -0.115. The van der Waals surface area contributed by atoms with E-state index in [1.54, 1.807) is 31.4 Å². The lowest BCUT2D eigenvalue weighted by atomic mass is 10.2. The minimum atomic E-state index is -3.86. The third-order valence-corrected chi connectivity index (χ3v) is 6.41. The van der Waals surface area contributed by atoms with Gasteiger partial charge in [0.15, 0.2) is 11.6 Å². The lowest BCUT2D eigenvalue weighted by Gasteiger charge is -2.14. The molecule has 2 heterocycles. The molecule has 0 spiro atoms. The van der Waals surface area contributed by atoms with E-state index in [1.165, 1.54) is 30.0 Å². The molecule has 0 aliphatic heterocycles. The van der Waals surface area contributed by atoms with Crippen LogP contribution < -0.4 is 10.5 Å². The summed E-state index contributed by atoms with van der Waals surface area (Å²) in [5.41, 5.74) is 1.08. The molecule has 2 aromatic heterocycles. The van der Waals surface area contributed by atoms with Crippen molar-refractivity contribution in [2.24, 2.45) is 5.14 Å². The van der Waals surface area contributed by atoms with Gasteiger partial charge >= 0.3 is 0 Å². The van der Waals surface area contributed by atoms with Gasteiger partial charge in [0.1, 0.15) is 5.03 Å². The number of furan rings is 1. The van der Waals surface area contributed by atoms with E-state index in [2.05, 4.69) is 15.3 Å². The van der Waals surface area contributed by atoms with Crippen molar-refractivity contribution >= 4 is 44.3 Å². The summed E-state index contributed by atoms with van der Waals surface area (Å²) in [6, 6.07) is 16.8. The minimum absolute atomic E-state index is 0.0736. The van der Waals surface area contributed by atoms with Crippen LogP contribution in [0.1, 0.15) is 6.92 Å². The first-order valence-electron chi connectivity index (χ1n) is 9.22. The number of rotatable bonds is 6. The lowest BCUT2D eigenvalue weighted by Crippen LogP contribution is -2.23. The van der Waals surface area contributed by atoms with Crippen LogP contribution >= 0.6 is 11.8 Å². The number of amides is 1. The largest absolute Gasteiger partial charge is 0.461 e. The summed E-state index contributed by atoms with van der Waals surface area (Å²) in [5, 5.41) is 8.81. The molecule has 1 amide bonds. The number of nitrogens with zero attached hydrogens (tertiary/aromatic N) is 2. The van der Waals surface area contributed by atoms with Gasteiger partial charge in [-0.3, -0.25) is 4.79 Å². The number of nitrogens with one attached hydrogen (secondary N) is 1. The van der Waals surface area contributed by atoms with Crippen LogP contribution in [0, 0.1) is 0 Å². The van der Waals surface area contributed by atoms with Crippen molar-refractivity contribution in [2.75, 3.05) is 5.32 Å². The SMILES string of the molecule is CC(Sc1nc(-c2ccco2)nc2ccccc12)C(=O)Nc1cccc(S(N)(=O)=O)c1. The van der Waals surface area contributed by atoms with Crippen LogP contribution in [0.25, 0.3) is 22.5 Å². The Morgan fingerprint density at radius 2 is 1.90 bits per heavy atom. The molecular formula is C21H18N4O4S2. The molecule has 8 nitrogen and oxygen atoms in total. The average Bonchev–Trinajstić information content (AvgIpc) is 3.28. The number of aromatic nitrogens is 2. The highest BCUT2D eigenvalue weighted by Gasteiger charge is 2.19. The highest BCUT2D eigenvalue weighted by molar-refractivity contribution is 8.00. The quantitative estimate of drug-likeness (QED) is 0.336. The van der Waals surface area contributed by atoms with E-state index in [1.807, 2.05) is 24.3 Å². The molecule has 4 aromatic rings. The molecule has 158 valence electrons. The van der Waals surface area contributed by atoms with Gasteiger partial charge in [-0.25, -0.2) is 23.5 Å². The van der Waals surface area contributed by atoms with Gasteiger partial charge in [0.2, 0.25) is 15.9 Å². The molecule has 1 atom stereocenters. The topological polar surface area (TPSA) is 128 Å². The maximum absolute atomic E-state index is 12.8. The minimum Gasteiger partial charge on any atom is -0.461 e. The van der Waals surface area contributed by atoms with Crippen molar-refractivity contribution in [2.45, 2.75) is 22.1 Å². The predicted molar refractivity (Wildman–Crippen MR) is 119 cm³/mol. The Hall–Kier alpha value is -3.21. The van der Waals surface area contributed by atoms with Gasteiger partial charge in [-0.2, -0.15) is 0 Å². The number of anilines is 1. The number of hydrogen-bond acceptors (Lipinski definition) is 7. The van der Waals surface area contributed by atoms with E-state index in [9.17, 15) is 13.2 Å². The van der Waals surface area contributed by atoms with Gasteiger partial charge in [-0.15, -0.1) is 0 Å². The second-order valence-electron chi connectivity index (χ2n) is 6.67. The molecular weight excluding hydrogens is 436 g/mol. The molecule has 0 radical (unpaired) electrons. The van der Waals surface area contributed by atoms with Crippen LogP contribution in [0.5, 0.6) is 0 Å². The number of carbonyl (C=O) groups is 1. The van der Waals surface area contributed by atoms with Crippen molar-refractivity contribution in [3.63, 3.8) is 0 Å². The number of thioether (sulfide) groups is 1. The summed E-state index contributed by atoms with van der Waals surface area (Å²) in [7, 11) is -3.86. The molecule has 0 bridgehead atoms. The first-order chi connectivity index (χ1) is 14.8. The van der Waals surface area contributed by atoms with Crippen molar-refractivity contribution in [3.05, 3.63) is 66.9 Å². The zero-order valence-corrected chi connectivity index (χ0v) is 18.0. The summed E-state index contributed by atoms with van der Waals surface area (Å²) >= 11 is 1.27. The Labute approximate surface area is 182 Å². The molecule has 3 N–H and O–H groups in total. The Balaban J connectivity index is 1.59. The molecule has 2 aromatic carbocycles. The Morgan fingerprint density at radius 3 is 2.65 bits per heavy atom. The number of hydrogen-bond donors (Lipinski definition) is 2. The van der Waals surface area contributed by atoms with Crippen LogP contribution in [0.4, 0.5) is 5.69 Å². The second-order valence-corrected chi connectivity index (χ2v) is 9.56. The average molecular weight is 455 g/mol. The summed E-state index contributed by atoms with van der Waals surface area (Å²) in [5.74, 6) is 0.656. The van der Waals surface area contributed by atoms with Gasteiger partial charge in [0, 0.05) is 11.1 Å². The van der Waals surface area contributed by atoms with Crippen LogP contribution in [-0.2, 0) is 14.8 Å². The molecule has 0 saturated carbocycles. The predicted octanol–water partition coefficient (Wildman–Crippen LogP) is 3.66. The smallest absolute Gasteiger partial charge is 0.238 e. The van der Waals surface area contributed by atoms with Crippen molar-refractivity contribution in [1.29, 1.82) is 0 Å². The molecule has 10 heteroatoms. The molecule has 0 aliphatic rings. The number of nitrogens with two attached hydrogens (primary N) is 1. The molecule has 31 heavy (non-hydrogen) atoms.